The smallest absolute Gasteiger partial charge is 0.277 e. The highest BCUT2D eigenvalue weighted by Gasteiger charge is 2.14. The van der Waals surface area contributed by atoms with Crippen LogP contribution in [0.3, 0.4) is 0 Å². The topological polar surface area (TPSA) is 111 Å². The van der Waals surface area contributed by atoms with Gasteiger partial charge in [0.05, 0.1) is 25.3 Å². The summed E-state index contributed by atoms with van der Waals surface area (Å²) in [5.41, 5.74) is 7.67. The molecule has 0 spiro atoms. The highest BCUT2D eigenvalue weighted by Crippen LogP contribution is 2.24. The van der Waals surface area contributed by atoms with E-state index in [9.17, 15) is 13.6 Å². The summed E-state index contributed by atoms with van der Waals surface area (Å²) in [5, 5.41) is 14.7. The van der Waals surface area contributed by atoms with Gasteiger partial charge < -0.3 is 15.8 Å². The van der Waals surface area contributed by atoms with E-state index in [2.05, 4.69) is 20.6 Å². The van der Waals surface area contributed by atoms with E-state index in [0.717, 1.165) is 17.1 Å². The second-order valence-corrected chi connectivity index (χ2v) is 7.23. The minimum atomic E-state index is -0.622. The molecule has 4 aromatic rings. The van der Waals surface area contributed by atoms with Crippen LogP contribution in [0, 0.1) is 11.6 Å². The summed E-state index contributed by atoms with van der Waals surface area (Å²) in [6, 6.07) is 10.5. The number of ether oxygens (including phenoxy) is 1. The zero-order valence-electron chi connectivity index (χ0n) is 17.1. The Labute approximate surface area is 182 Å². The van der Waals surface area contributed by atoms with E-state index in [4.69, 9.17) is 10.5 Å². The Bertz CT molecular complexity index is 1220. The van der Waals surface area contributed by atoms with Crippen molar-refractivity contribution in [3.05, 3.63) is 77.1 Å². The van der Waals surface area contributed by atoms with Crippen LogP contribution in [0.4, 0.5) is 14.6 Å². The van der Waals surface area contributed by atoms with Gasteiger partial charge in [-0.2, -0.15) is 10.2 Å². The average Bonchev–Trinajstić information content (AvgIpc) is 3.38. The quantitative estimate of drug-likeness (QED) is 0.347. The first kappa shape index (κ1) is 21.6. The number of anilines is 1. The lowest BCUT2D eigenvalue weighted by Crippen LogP contribution is -2.15. The first-order valence-electron chi connectivity index (χ1n) is 10.1. The van der Waals surface area contributed by atoms with Crippen LogP contribution in [0.2, 0.25) is 0 Å². The molecule has 0 unspecified atom stereocenters. The summed E-state index contributed by atoms with van der Waals surface area (Å²) in [4.78, 5) is 12.6. The Morgan fingerprint density at radius 1 is 1.09 bits per heavy atom. The van der Waals surface area contributed by atoms with Crippen molar-refractivity contribution < 1.29 is 18.3 Å². The molecule has 4 rings (SSSR count). The van der Waals surface area contributed by atoms with Gasteiger partial charge in [-0.3, -0.25) is 14.6 Å². The van der Waals surface area contributed by atoms with Crippen molar-refractivity contribution in [2.45, 2.75) is 13.0 Å². The van der Waals surface area contributed by atoms with Crippen LogP contribution >= 0.6 is 0 Å². The number of aromatic nitrogens is 4. The molecule has 8 nitrogen and oxygen atoms in total. The van der Waals surface area contributed by atoms with Crippen molar-refractivity contribution in [3.8, 4) is 0 Å². The standard InChI is InChI=1S/C22H22F2N6O2/c23-16-10-15(11-17(24)13-16)9-14-1-2-19-18(12-14)21(28-27-19)26-22(31)20-3-5-30(29-20)6-8-32-7-4-25/h1-3,5,10-13H,4,6-9,25H2,(H2,26,27,28,31). The van der Waals surface area contributed by atoms with Gasteiger partial charge in [0.1, 0.15) is 11.6 Å². The molecule has 166 valence electrons. The number of halogens is 2. The molecule has 0 radical (unpaired) electrons. The molecule has 32 heavy (non-hydrogen) atoms. The third-order valence-electron chi connectivity index (χ3n) is 4.79. The minimum Gasteiger partial charge on any atom is -0.378 e. The van der Waals surface area contributed by atoms with Crippen LogP contribution in [0.5, 0.6) is 0 Å². The first-order valence-corrected chi connectivity index (χ1v) is 10.1. The third kappa shape index (κ3) is 5.16. The molecule has 4 N–H and O–H groups in total. The van der Waals surface area contributed by atoms with E-state index in [-0.39, 0.29) is 5.69 Å². The number of hydrogen-bond acceptors (Lipinski definition) is 5. The Morgan fingerprint density at radius 2 is 1.91 bits per heavy atom. The second-order valence-electron chi connectivity index (χ2n) is 7.23. The number of carbonyl (C=O) groups excluding carboxylic acids is 1. The summed E-state index contributed by atoms with van der Waals surface area (Å²) in [5.74, 6) is -1.30. The fourth-order valence-corrected chi connectivity index (χ4v) is 3.34. The maximum absolute atomic E-state index is 13.5. The molecule has 0 saturated heterocycles. The van der Waals surface area contributed by atoms with E-state index in [1.807, 2.05) is 12.1 Å². The maximum atomic E-state index is 13.5. The molecule has 1 amide bonds. The van der Waals surface area contributed by atoms with E-state index in [1.165, 1.54) is 12.1 Å². The van der Waals surface area contributed by atoms with Gasteiger partial charge in [0.2, 0.25) is 0 Å². The van der Waals surface area contributed by atoms with Gasteiger partial charge in [-0.15, -0.1) is 0 Å². The number of amides is 1. The summed E-state index contributed by atoms with van der Waals surface area (Å²) in [7, 11) is 0. The minimum absolute atomic E-state index is 0.242. The molecule has 2 aromatic heterocycles. The molecule has 2 heterocycles. The van der Waals surface area contributed by atoms with Gasteiger partial charge in [-0.1, -0.05) is 6.07 Å². The molecular formula is C22H22F2N6O2. The number of nitrogens with one attached hydrogen (secondary N) is 2. The molecule has 0 aliphatic carbocycles. The van der Waals surface area contributed by atoms with Gasteiger partial charge in [0.15, 0.2) is 11.5 Å². The maximum Gasteiger partial charge on any atom is 0.277 e. The fourth-order valence-electron chi connectivity index (χ4n) is 3.34. The number of nitrogens with two attached hydrogens (primary N) is 1. The summed E-state index contributed by atoms with van der Waals surface area (Å²) < 4.78 is 33.9. The SMILES string of the molecule is NCCOCCn1ccc(C(=O)Nc2n[nH]c3ccc(Cc4cc(F)cc(F)c4)cc23)n1. The molecular weight excluding hydrogens is 418 g/mol. The summed E-state index contributed by atoms with van der Waals surface area (Å²) >= 11 is 0. The lowest BCUT2D eigenvalue weighted by atomic mass is 10.0. The summed E-state index contributed by atoms with van der Waals surface area (Å²) in [6.07, 6.45) is 2.03. The molecule has 2 aromatic carbocycles. The molecule has 0 fully saturated rings. The Balaban J connectivity index is 1.47. The molecule has 0 aliphatic heterocycles. The molecule has 0 saturated carbocycles. The number of nitrogens with zero attached hydrogens (tertiary/aromatic N) is 3. The molecule has 10 heteroatoms. The van der Waals surface area contributed by atoms with Crippen molar-refractivity contribution in [1.29, 1.82) is 0 Å². The highest BCUT2D eigenvalue weighted by molar-refractivity contribution is 6.06. The van der Waals surface area contributed by atoms with Crippen LogP contribution in [-0.4, -0.2) is 45.6 Å². The van der Waals surface area contributed by atoms with Crippen molar-refractivity contribution in [2.75, 3.05) is 25.1 Å². The lowest BCUT2D eigenvalue weighted by molar-refractivity contribution is 0.101. The van der Waals surface area contributed by atoms with E-state index in [1.54, 1.807) is 23.0 Å². The number of rotatable bonds is 9. The van der Waals surface area contributed by atoms with Gasteiger partial charge in [0.25, 0.3) is 5.91 Å². The number of carbonyl (C=O) groups is 1. The van der Waals surface area contributed by atoms with Gasteiger partial charge in [0, 0.05) is 24.2 Å². The normalized spacial score (nSPS) is 11.2. The van der Waals surface area contributed by atoms with Crippen LogP contribution in [0.15, 0.2) is 48.7 Å². The first-order chi connectivity index (χ1) is 15.5. The molecule has 0 atom stereocenters. The van der Waals surface area contributed by atoms with Crippen LogP contribution in [-0.2, 0) is 17.7 Å². The zero-order chi connectivity index (χ0) is 22.5. The number of fused-ring (bicyclic) bond motifs is 1. The Morgan fingerprint density at radius 3 is 2.69 bits per heavy atom. The van der Waals surface area contributed by atoms with Crippen LogP contribution < -0.4 is 11.1 Å². The van der Waals surface area contributed by atoms with Gasteiger partial charge in [-0.05, 0) is 47.9 Å². The zero-order valence-corrected chi connectivity index (χ0v) is 17.1. The third-order valence-corrected chi connectivity index (χ3v) is 4.79. The van der Waals surface area contributed by atoms with Crippen molar-refractivity contribution >= 4 is 22.6 Å². The van der Waals surface area contributed by atoms with E-state index < -0.39 is 17.5 Å². The second kappa shape index (κ2) is 9.67. The van der Waals surface area contributed by atoms with Gasteiger partial charge in [-0.25, -0.2) is 8.78 Å². The monoisotopic (exact) mass is 440 g/mol. The van der Waals surface area contributed by atoms with Crippen molar-refractivity contribution in [3.63, 3.8) is 0 Å². The summed E-state index contributed by atoms with van der Waals surface area (Å²) in [6.45, 7) is 1.87. The molecule has 0 aliphatic rings. The van der Waals surface area contributed by atoms with E-state index in [0.29, 0.717) is 49.5 Å². The number of benzene rings is 2. The number of aromatic amines is 1. The predicted octanol–water partition coefficient (Wildman–Crippen LogP) is 2.86. The van der Waals surface area contributed by atoms with Crippen LogP contribution in [0.25, 0.3) is 10.9 Å². The largest absolute Gasteiger partial charge is 0.378 e. The van der Waals surface area contributed by atoms with Crippen molar-refractivity contribution in [2.24, 2.45) is 5.73 Å². The highest BCUT2D eigenvalue weighted by atomic mass is 19.1. The van der Waals surface area contributed by atoms with E-state index >= 15 is 0 Å². The van der Waals surface area contributed by atoms with Gasteiger partial charge >= 0.3 is 0 Å². The fraction of sp³-hybridized carbons (Fsp3) is 0.227. The number of H-pyrrole nitrogens is 1. The predicted molar refractivity (Wildman–Crippen MR) is 115 cm³/mol. The average molecular weight is 440 g/mol. The molecule has 0 bridgehead atoms. The lowest BCUT2D eigenvalue weighted by Gasteiger charge is -2.05. The number of hydrogen-bond donors (Lipinski definition) is 3. The Kier molecular flexibility index (Phi) is 6.52. The van der Waals surface area contributed by atoms with Crippen LogP contribution in [0.1, 0.15) is 21.6 Å². The Hall–Kier alpha value is -3.63. The van der Waals surface area contributed by atoms with Crippen molar-refractivity contribution in [1.82, 2.24) is 20.0 Å².